The van der Waals surface area contributed by atoms with E-state index in [1.807, 2.05) is 0 Å². The maximum absolute atomic E-state index is 3.77. The van der Waals surface area contributed by atoms with Crippen molar-refractivity contribution in [2.75, 3.05) is 25.1 Å². The van der Waals surface area contributed by atoms with Crippen LogP contribution in [0.2, 0.25) is 0 Å². The molecule has 0 unspecified atom stereocenters. The van der Waals surface area contributed by atoms with Gasteiger partial charge in [0.2, 0.25) is 0 Å². The van der Waals surface area contributed by atoms with Crippen molar-refractivity contribution in [1.82, 2.24) is 0 Å². The lowest BCUT2D eigenvalue weighted by molar-refractivity contribution is -0.915. The van der Waals surface area contributed by atoms with Crippen molar-refractivity contribution >= 4 is 15.9 Å². The summed E-state index contributed by atoms with van der Waals surface area (Å²) in [5.74, 6) is 0. The Morgan fingerprint density at radius 1 is 0.667 bits per heavy atom. The summed E-state index contributed by atoms with van der Waals surface area (Å²) >= 11 is 3.77. The van der Waals surface area contributed by atoms with Crippen molar-refractivity contribution in [2.24, 2.45) is 0 Å². The second kappa shape index (κ2) is 14.6. The molecule has 0 amide bonds. The van der Waals surface area contributed by atoms with Crippen LogP contribution in [0.15, 0.2) is 0 Å². The highest BCUT2D eigenvalue weighted by atomic mass is 127. The summed E-state index contributed by atoms with van der Waals surface area (Å²) < 4.78 is 1.31. The molecule has 1 nitrogen and oxygen atoms in total. The van der Waals surface area contributed by atoms with E-state index in [2.05, 4.69) is 36.7 Å². The third-order valence-electron chi connectivity index (χ3n) is 3.71. The Balaban J connectivity index is 0. The van der Waals surface area contributed by atoms with E-state index in [0.29, 0.717) is 0 Å². The molecule has 18 heavy (non-hydrogen) atoms. The maximum Gasteiger partial charge on any atom is 0.134 e. The summed E-state index contributed by atoms with van der Waals surface area (Å²) in [6.45, 7) is 11.0. The number of hydrogen-bond acceptors (Lipinski definition) is 0. The number of unbranched alkanes of at least 4 members (excludes halogenated alkanes) is 5. The zero-order valence-corrected chi connectivity index (χ0v) is 16.4. The van der Waals surface area contributed by atoms with Crippen LogP contribution in [0.25, 0.3) is 0 Å². The Bertz CT molecular complexity index is 157. The highest BCUT2D eigenvalue weighted by molar-refractivity contribution is 9.09. The van der Waals surface area contributed by atoms with Crippen LogP contribution in [0, 0.1) is 0 Å². The quantitative estimate of drug-likeness (QED) is 0.146. The molecular weight excluding hydrogens is 401 g/mol. The first-order valence-corrected chi connectivity index (χ1v) is 8.77. The molecule has 0 saturated heterocycles. The Hall–Kier alpha value is 1.17. The molecule has 0 aliphatic carbocycles. The van der Waals surface area contributed by atoms with Gasteiger partial charge in [0.1, 0.15) is 5.45 Å². The van der Waals surface area contributed by atoms with Crippen LogP contribution in [-0.4, -0.2) is 29.6 Å². The van der Waals surface area contributed by atoms with Gasteiger partial charge >= 0.3 is 0 Å². The molecule has 0 aromatic heterocycles. The average molecular weight is 434 g/mol. The third kappa shape index (κ3) is 10.0. The fourth-order valence-electron chi connectivity index (χ4n) is 2.38. The van der Waals surface area contributed by atoms with Crippen molar-refractivity contribution in [2.45, 2.75) is 72.1 Å². The number of halogens is 2. The zero-order chi connectivity index (χ0) is 13.0. The second-order valence-electron chi connectivity index (χ2n) is 5.40. The monoisotopic (exact) mass is 433 g/mol. The van der Waals surface area contributed by atoms with Gasteiger partial charge in [0.25, 0.3) is 0 Å². The summed E-state index contributed by atoms with van der Waals surface area (Å²) in [5.41, 5.74) is 1.15. The predicted molar refractivity (Wildman–Crippen MR) is 82.6 cm³/mol. The summed E-state index contributed by atoms with van der Waals surface area (Å²) in [4.78, 5) is 0. The minimum absolute atomic E-state index is 0. The van der Waals surface area contributed by atoms with E-state index < -0.39 is 0 Å². The molecule has 0 aliphatic heterocycles. The lowest BCUT2D eigenvalue weighted by Crippen LogP contribution is -3.00. The van der Waals surface area contributed by atoms with E-state index in [9.17, 15) is 0 Å². The Kier molecular flexibility index (Phi) is 17.4. The first-order chi connectivity index (χ1) is 8.24. The SMILES string of the molecule is CCCCCC[N+](CBr)(CCCC)CCCC.[I-]. The van der Waals surface area contributed by atoms with Gasteiger partial charge in [0.05, 0.1) is 19.6 Å². The number of alkyl halides is 1. The molecule has 0 aromatic carbocycles. The minimum atomic E-state index is 0. The standard InChI is InChI=1S/C15H33BrN.HI/c1-4-7-10-11-14-17(15-16,12-8-5-2)13-9-6-3;/h4-15H2,1-3H3;1H/q+1;/p-1. The highest BCUT2D eigenvalue weighted by Crippen LogP contribution is 2.17. The van der Waals surface area contributed by atoms with Crippen LogP contribution < -0.4 is 24.0 Å². The molecule has 3 heteroatoms. The van der Waals surface area contributed by atoms with E-state index in [4.69, 9.17) is 0 Å². The fraction of sp³-hybridized carbons (Fsp3) is 1.00. The molecule has 0 spiro atoms. The van der Waals surface area contributed by atoms with Crippen molar-refractivity contribution in [3.63, 3.8) is 0 Å². The average Bonchev–Trinajstić information content (AvgIpc) is 2.37. The van der Waals surface area contributed by atoms with Gasteiger partial charge in [-0.1, -0.05) is 46.5 Å². The summed E-state index contributed by atoms with van der Waals surface area (Å²) in [7, 11) is 0. The molecule has 0 aromatic rings. The van der Waals surface area contributed by atoms with E-state index >= 15 is 0 Å². The van der Waals surface area contributed by atoms with Gasteiger partial charge in [-0.25, -0.2) is 0 Å². The number of quaternary nitrogens is 1. The summed E-state index contributed by atoms with van der Waals surface area (Å²) in [6, 6.07) is 0. The Morgan fingerprint density at radius 3 is 1.50 bits per heavy atom. The summed E-state index contributed by atoms with van der Waals surface area (Å²) in [5, 5.41) is 0. The normalized spacial score (nSPS) is 11.3. The fourth-order valence-corrected chi connectivity index (χ4v) is 3.13. The molecule has 112 valence electrons. The Morgan fingerprint density at radius 2 is 1.11 bits per heavy atom. The molecule has 0 fully saturated rings. The van der Waals surface area contributed by atoms with Crippen LogP contribution in [0.1, 0.15) is 72.1 Å². The largest absolute Gasteiger partial charge is 1.00 e. The van der Waals surface area contributed by atoms with Crippen molar-refractivity contribution < 1.29 is 28.5 Å². The zero-order valence-electron chi connectivity index (χ0n) is 12.7. The van der Waals surface area contributed by atoms with Gasteiger partial charge < -0.3 is 28.5 Å². The van der Waals surface area contributed by atoms with Crippen LogP contribution in [0.5, 0.6) is 0 Å². The lowest BCUT2D eigenvalue weighted by Gasteiger charge is -2.37. The van der Waals surface area contributed by atoms with Gasteiger partial charge in [-0.2, -0.15) is 0 Å². The lowest BCUT2D eigenvalue weighted by atomic mass is 10.1. The van der Waals surface area contributed by atoms with Gasteiger partial charge in [0, 0.05) is 0 Å². The van der Waals surface area contributed by atoms with Crippen molar-refractivity contribution in [3.05, 3.63) is 0 Å². The Labute approximate surface area is 141 Å². The first kappa shape index (κ1) is 21.5. The molecule has 0 heterocycles. The van der Waals surface area contributed by atoms with Crippen LogP contribution in [0.3, 0.4) is 0 Å². The van der Waals surface area contributed by atoms with E-state index in [0.717, 1.165) is 5.45 Å². The molecular formula is C15H33BrIN. The van der Waals surface area contributed by atoms with Crippen LogP contribution in [-0.2, 0) is 0 Å². The topological polar surface area (TPSA) is 0 Å². The van der Waals surface area contributed by atoms with Crippen molar-refractivity contribution in [3.8, 4) is 0 Å². The van der Waals surface area contributed by atoms with Gasteiger partial charge in [-0.05, 0) is 41.6 Å². The van der Waals surface area contributed by atoms with E-state index in [1.165, 1.54) is 75.5 Å². The maximum atomic E-state index is 3.77. The molecule has 0 rings (SSSR count). The minimum Gasteiger partial charge on any atom is -1.00 e. The van der Waals surface area contributed by atoms with Gasteiger partial charge in [-0.15, -0.1) is 0 Å². The third-order valence-corrected chi connectivity index (χ3v) is 4.78. The molecule has 0 aliphatic rings. The molecule has 0 radical (unpaired) electrons. The van der Waals surface area contributed by atoms with Gasteiger partial charge in [-0.3, -0.25) is 0 Å². The van der Waals surface area contributed by atoms with Gasteiger partial charge in [0.15, 0.2) is 0 Å². The van der Waals surface area contributed by atoms with Crippen LogP contribution >= 0.6 is 15.9 Å². The number of rotatable bonds is 12. The number of hydrogen-bond donors (Lipinski definition) is 0. The molecule has 0 bridgehead atoms. The number of nitrogens with zero attached hydrogens (tertiary/aromatic N) is 1. The van der Waals surface area contributed by atoms with Crippen molar-refractivity contribution in [1.29, 1.82) is 0 Å². The molecule has 0 saturated carbocycles. The second-order valence-corrected chi connectivity index (χ2v) is 5.90. The van der Waals surface area contributed by atoms with E-state index in [1.54, 1.807) is 0 Å². The smallest absolute Gasteiger partial charge is 0.134 e. The molecule has 0 atom stereocenters. The van der Waals surface area contributed by atoms with E-state index in [-0.39, 0.29) is 24.0 Å². The molecule has 0 N–H and O–H groups in total. The van der Waals surface area contributed by atoms with Crippen LogP contribution in [0.4, 0.5) is 0 Å². The summed E-state index contributed by atoms with van der Waals surface area (Å²) in [6.07, 6.45) is 11.0. The first-order valence-electron chi connectivity index (χ1n) is 7.65. The highest BCUT2D eigenvalue weighted by Gasteiger charge is 2.23. The predicted octanol–water partition coefficient (Wildman–Crippen LogP) is 2.34.